The first kappa shape index (κ1) is 7.46. The predicted molar refractivity (Wildman–Crippen MR) is 35.6 cm³/mol. The van der Waals surface area contributed by atoms with Crippen molar-refractivity contribution in [3.8, 4) is 6.01 Å². The van der Waals surface area contributed by atoms with Gasteiger partial charge in [-0.2, -0.15) is 4.39 Å². The second-order valence-electron chi connectivity index (χ2n) is 1.65. The van der Waals surface area contributed by atoms with Crippen molar-refractivity contribution in [2.24, 2.45) is 0 Å². The van der Waals surface area contributed by atoms with E-state index in [-0.39, 0.29) is 6.01 Å². The van der Waals surface area contributed by atoms with Crippen LogP contribution in [0, 0.1) is 5.82 Å². The van der Waals surface area contributed by atoms with Gasteiger partial charge in [-0.3, -0.25) is 9.78 Å². The van der Waals surface area contributed by atoms with Crippen LogP contribution in [0.4, 0.5) is 4.39 Å². The smallest absolute Gasteiger partial charge is 0.301 e. The Morgan fingerprint density at radius 1 is 1.82 bits per heavy atom. The molecule has 0 aromatic carbocycles. The molecule has 0 aliphatic carbocycles. The molecule has 0 saturated heterocycles. The van der Waals surface area contributed by atoms with Crippen LogP contribution in [-0.4, -0.2) is 9.97 Å². The van der Waals surface area contributed by atoms with Crippen LogP contribution in [0.3, 0.4) is 0 Å². The molecule has 1 aromatic heterocycles. The van der Waals surface area contributed by atoms with Crippen LogP contribution in [0.2, 0.25) is 0 Å². The van der Waals surface area contributed by atoms with Crippen molar-refractivity contribution in [2.45, 2.75) is 0 Å². The molecular formula is C6H5FN2O2. The van der Waals surface area contributed by atoms with Gasteiger partial charge in [0.25, 0.3) is 5.56 Å². The molecule has 0 unspecified atom stereocenters. The lowest BCUT2D eigenvalue weighted by atomic mass is 10.6. The van der Waals surface area contributed by atoms with Crippen molar-refractivity contribution >= 4 is 0 Å². The van der Waals surface area contributed by atoms with Crippen molar-refractivity contribution in [3.63, 3.8) is 0 Å². The Morgan fingerprint density at radius 2 is 2.55 bits per heavy atom. The summed E-state index contributed by atoms with van der Waals surface area (Å²) < 4.78 is 16.8. The lowest BCUT2D eigenvalue weighted by Gasteiger charge is -1.95. The molecule has 0 atom stereocenters. The summed E-state index contributed by atoms with van der Waals surface area (Å²) in [6, 6.07) is -0.0774. The van der Waals surface area contributed by atoms with Crippen LogP contribution in [-0.2, 0) is 0 Å². The molecule has 0 saturated carbocycles. The van der Waals surface area contributed by atoms with Crippen molar-refractivity contribution in [1.82, 2.24) is 9.97 Å². The maximum atomic E-state index is 12.3. The summed E-state index contributed by atoms with van der Waals surface area (Å²) in [5.74, 6) is -0.943. The Morgan fingerprint density at radius 3 is 3.09 bits per heavy atom. The summed E-state index contributed by atoms with van der Waals surface area (Å²) in [5, 5.41) is 0. The highest BCUT2D eigenvalue weighted by molar-refractivity contribution is 4.97. The van der Waals surface area contributed by atoms with Gasteiger partial charge in [-0.05, 0) is 0 Å². The number of halogens is 1. The number of hydrogen-bond donors (Lipinski definition) is 1. The molecule has 4 nitrogen and oxygen atoms in total. The number of nitrogens with zero attached hydrogens (tertiary/aromatic N) is 1. The molecule has 0 fully saturated rings. The van der Waals surface area contributed by atoms with Gasteiger partial charge >= 0.3 is 6.01 Å². The van der Waals surface area contributed by atoms with E-state index in [4.69, 9.17) is 0 Å². The lowest BCUT2D eigenvalue weighted by molar-refractivity contribution is 0.433. The van der Waals surface area contributed by atoms with E-state index < -0.39 is 11.4 Å². The maximum Gasteiger partial charge on any atom is 0.301 e. The van der Waals surface area contributed by atoms with Crippen LogP contribution in [0.25, 0.3) is 0 Å². The average molecular weight is 156 g/mol. The standard InChI is InChI=1S/C6H5FN2O2/c1-2-11-6-8-3-4(7)5(10)9-6/h2-3H,1H2,(H,8,9,10). The van der Waals surface area contributed by atoms with Crippen LogP contribution in [0.15, 0.2) is 23.8 Å². The van der Waals surface area contributed by atoms with E-state index in [1.807, 2.05) is 4.98 Å². The van der Waals surface area contributed by atoms with Gasteiger partial charge in [-0.15, -0.1) is 0 Å². The largest absolute Gasteiger partial charge is 0.434 e. The summed E-state index contributed by atoms with van der Waals surface area (Å²) in [7, 11) is 0. The third kappa shape index (κ3) is 1.64. The van der Waals surface area contributed by atoms with Gasteiger partial charge < -0.3 is 4.74 Å². The Labute approximate surface area is 61.4 Å². The molecule has 0 radical (unpaired) electrons. The minimum absolute atomic E-state index is 0.0774. The fourth-order valence-electron chi connectivity index (χ4n) is 0.502. The van der Waals surface area contributed by atoms with Gasteiger partial charge in [0, 0.05) is 0 Å². The molecule has 1 aromatic rings. The van der Waals surface area contributed by atoms with E-state index >= 15 is 0 Å². The van der Waals surface area contributed by atoms with Crippen LogP contribution in [0.1, 0.15) is 0 Å². The molecule has 1 N–H and O–H groups in total. The predicted octanol–water partition coefficient (Wildman–Crippen LogP) is 0.431. The van der Waals surface area contributed by atoms with Gasteiger partial charge in [0.2, 0.25) is 5.82 Å². The fourth-order valence-corrected chi connectivity index (χ4v) is 0.502. The van der Waals surface area contributed by atoms with Gasteiger partial charge in [-0.1, -0.05) is 6.58 Å². The number of aromatic amines is 1. The molecule has 5 heteroatoms. The molecule has 11 heavy (non-hydrogen) atoms. The monoisotopic (exact) mass is 156 g/mol. The average Bonchev–Trinajstić information content (AvgIpc) is 1.98. The highest BCUT2D eigenvalue weighted by atomic mass is 19.1. The zero-order chi connectivity index (χ0) is 8.27. The second-order valence-corrected chi connectivity index (χ2v) is 1.65. The van der Waals surface area contributed by atoms with Crippen LogP contribution < -0.4 is 10.3 Å². The molecule has 1 rings (SSSR count). The normalized spacial score (nSPS) is 9.18. The summed E-state index contributed by atoms with van der Waals surface area (Å²) in [4.78, 5) is 16.0. The van der Waals surface area contributed by atoms with E-state index in [0.29, 0.717) is 0 Å². The van der Waals surface area contributed by atoms with E-state index in [2.05, 4.69) is 16.3 Å². The zero-order valence-electron chi connectivity index (χ0n) is 5.50. The quantitative estimate of drug-likeness (QED) is 0.632. The van der Waals surface area contributed by atoms with Gasteiger partial charge in [0.05, 0.1) is 12.5 Å². The van der Waals surface area contributed by atoms with Crippen LogP contribution in [0.5, 0.6) is 6.01 Å². The molecule has 0 spiro atoms. The summed E-state index contributed by atoms with van der Waals surface area (Å²) in [6.07, 6.45) is 1.86. The molecule has 0 aliphatic heterocycles. The molecule has 0 bridgehead atoms. The van der Waals surface area contributed by atoms with Crippen molar-refractivity contribution in [1.29, 1.82) is 0 Å². The summed E-state index contributed by atoms with van der Waals surface area (Å²) in [6.45, 7) is 3.23. The Hall–Kier alpha value is -1.65. The van der Waals surface area contributed by atoms with E-state index in [1.165, 1.54) is 0 Å². The minimum atomic E-state index is -0.943. The van der Waals surface area contributed by atoms with Crippen molar-refractivity contribution in [3.05, 3.63) is 35.2 Å². The first-order valence-corrected chi connectivity index (χ1v) is 2.76. The third-order valence-corrected chi connectivity index (χ3v) is 0.927. The van der Waals surface area contributed by atoms with Crippen molar-refractivity contribution in [2.75, 3.05) is 0 Å². The summed E-state index contributed by atoms with van der Waals surface area (Å²) in [5.41, 5.74) is -0.864. The second kappa shape index (κ2) is 2.96. The minimum Gasteiger partial charge on any atom is -0.434 e. The topological polar surface area (TPSA) is 55.0 Å². The van der Waals surface area contributed by atoms with Crippen LogP contribution >= 0.6 is 0 Å². The molecule has 58 valence electrons. The van der Waals surface area contributed by atoms with Gasteiger partial charge in [0.15, 0.2) is 0 Å². The molecule has 0 aliphatic rings. The molecule has 0 amide bonds. The zero-order valence-corrected chi connectivity index (χ0v) is 5.50. The fraction of sp³-hybridized carbons (Fsp3) is 0. The van der Waals surface area contributed by atoms with E-state index in [9.17, 15) is 9.18 Å². The van der Waals surface area contributed by atoms with Gasteiger partial charge in [0.1, 0.15) is 0 Å². The molecular weight excluding hydrogens is 151 g/mol. The number of H-pyrrole nitrogens is 1. The first-order valence-electron chi connectivity index (χ1n) is 2.76. The SMILES string of the molecule is C=COc1ncc(F)c(=O)[nH]1. The number of nitrogens with one attached hydrogen (secondary N) is 1. The Bertz CT molecular complexity index is 321. The highest BCUT2D eigenvalue weighted by Crippen LogP contribution is 1.95. The molecule has 1 heterocycles. The number of rotatable bonds is 2. The van der Waals surface area contributed by atoms with E-state index in [0.717, 1.165) is 12.5 Å². The first-order chi connectivity index (χ1) is 5.24. The maximum absolute atomic E-state index is 12.3. The van der Waals surface area contributed by atoms with E-state index in [1.54, 1.807) is 0 Å². The van der Waals surface area contributed by atoms with Crippen molar-refractivity contribution < 1.29 is 9.13 Å². The Balaban J connectivity index is 3.05. The van der Waals surface area contributed by atoms with Gasteiger partial charge in [-0.25, -0.2) is 4.98 Å². The lowest BCUT2D eigenvalue weighted by Crippen LogP contribution is -2.11. The number of hydrogen-bond acceptors (Lipinski definition) is 3. The Kier molecular flexibility index (Phi) is 2.00. The third-order valence-electron chi connectivity index (χ3n) is 0.927. The summed E-state index contributed by atoms with van der Waals surface area (Å²) >= 11 is 0. The number of ether oxygens (including phenoxy) is 1. The highest BCUT2D eigenvalue weighted by Gasteiger charge is 1.99. The number of aromatic nitrogens is 2.